The molecule has 1 heterocycles. The Balaban J connectivity index is 1.85. The Morgan fingerprint density at radius 2 is 1.96 bits per heavy atom. The molecule has 0 saturated carbocycles. The lowest BCUT2D eigenvalue weighted by atomic mass is 10.0. The SMILES string of the molecule is CCN1C(=C/C=C(/C#N)C(=O)Nc2ccccc2)C=Cc2cc(C)ccc21. The number of benzene rings is 2. The number of carbonyl (C=O) groups is 1. The number of likely N-dealkylation sites (N-methyl/N-ethyl adjacent to an activating group) is 1. The lowest BCUT2D eigenvalue weighted by Gasteiger charge is -2.29. The third kappa shape index (κ3) is 4.16. The van der Waals surface area contributed by atoms with Crippen LogP contribution in [0, 0.1) is 18.3 Å². The Morgan fingerprint density at radius 1 is 1.19 bits per heavy atom. The van der Waals surface area contributed by atoms with E-state index in [4.69, 9.17) is 0 Å². The molecule has 3 rings (SSSR count). The number of para-hydroxylation sites is 1. The van der Waals surface area contributed by atoms with Crippen LogP contribution in [0.3, 0.4) is 0 Å². The number of hydrogen-bond donors (Lipinski definition) is 1. The number of aryl methyl sites for hydroxylation is 1. The molecular weight excluding hydrogens is 334 g/mol. The van der Waals surface area contributed by atoms with Gasteiger partial charge in [-0.2, -0.15) is 5.26 Å². The van der Waals surface area contributed by atoms with Gasteiger partial charge in [0, 0.05) is 23.6 Å². The van der Waals surface area contributed by atoms with E-state index in [1.54, 1.807) is 18.2 Å². The van der Waals surface area contributed by atoms with Crippen molar-refractivity contribution in [1.82, 2.24) is 0 Å². The highest BCUT2D eigenvalue weighted by atomic mass is 16.1. The van der Waals surface area contributed by atoms with Crippen LogP contribution in [0.4, 0.5) is 11.4 Å². The third-order valence-corrected chi connectivity index (χ3v) is 4.35. The standard InChI is InChI=1S/C23H21N3O/c1-3-26-21(12-10-18-15-17(2)9-14-22(18)26)13-11-19(16-24)23(27)25-20-7-5-4-6-8-20/h4-15H,3H2,1-2H3,(H,25,27)/b19-11-,21-13?. The predicted octanol–water partition coefficient (Wildman–Crippen LogP) is 4.82. The van der Waals surface area contributed by atoms with Crippen molar-refractivity contribution in [2.75, 3.05) is 16.8 Å². The van der Waals surface area contributed by atoms with Crippen LogP contribution in [0.15, 0.2) is 78.0 Å². The van der Waals surface area contributed by atoms with E-state index in [0.29, 0.717) is 5.69 Å². The maximum absolute atomic E-state index is 12.3. The lowest BCUT2D eigenvalue weighted by molar-refractivity contribution is -0.112. The van der Waals surface area contributed by atoms with Gasteiger partial charge in [-0.05, 0) is 61.9 Å². The highest BCUT2D eigenvalue weighted by Gasteiger charge is 2.16. The molecule has 0 saturated heterocycles. The molecule has 4 heteroatoms. The molecule has 0 radical (unpaired) electrons. The summed E-state index contributed by atoms with van der Waals surface area (Å²) in [5.74, 6) is -0.417. The molecular formula is C23H21N3O. The van der Waals surface area contributed by atoms with Gasteiger partial charge in [0.15, 0.2) is 0 Å². The lowest BCUT2D eigenvalue weighted by Crippen LogP contribution is -2.23. The fourth-order valence-electron chi connectivity index (χ4n) is 3.01. The predicted molar refractivity (Wildman–Crippen MR) is 110 cm³/mol. The average molecular weight is 355 g/mol. The molecule has 1 N–H and O–H groups in total. The number of nitrogens with one attached hydrogen (secondary N) is 1. The van der Waals surface area contributed by atoms with Crippen LogP contribution in [0.25, 0.3) is 6.08 Å². The minimum absolute atomic E-state index is 0.0607. The number of carbonyl (C=O) groups excluding carboxylic acids is 1. The van der Waals surface area contributed by atoms with Crippen LogP contribution in [0.2, 0.25) is 0 Å². The molecule has 0 aromatic heterocycles. The van der Waals surface area contributed by atoms with Gasteiger partial charge in [-0.15, -0.1) is 0 Å². The summed E-state index contributed by atoms with van der Waals surface area (Å²) >= 11 is 0. The van der Waals surface area contributed by atoms with Crippen LogP contribution in [-0.2, 0) is 4.79 Å². The average Bonchev–Trinajstić information content (AvgIpc) is 2.68. The number of nitriles is 1. The van der Waals surface area contributed by atoms with Crippen LogP contribution in [-0.4, -0.2) is 12.5 Å². The van der Waals surface area contributed by atoms with Crippen LogP contribution >= 0.6 is 0 Å². The van der Waals surface area contributed by atoms with Crippen molar-refractivity contribution in [1.29, 1.82) is 5.26 Å². The fourth-order valence-corrected chi connectivity index (χ4v) is 3.01. The van der Waals surface area contributed by atoms with Gasteiger partial charge >= 0.3 is 0 Å². The summed E-state index contributed by atoms with van der Waals surface area (Å²) in [6, 6.07) is 17.4. The second kappa shape index (κ2) is 8.20. The number of rotatable bonds is 4. The zero-order valence-electron chi connectivity index (χ0n) is 15.4. The van der Waals surface area contributed by atoms with E-state index in [9.17, 15) is 10.1 Å². The Bertz CT molecular complexity index is 978. The summed E-state index contributed by atoms with van der Waals surface area (Å²) in [6.07, 6.45) is 7.45. The Kier molecular flexibility index (Phi) is 5.53. The van der Waals surface area contributed by atoms with Gasteiger partial charge in [0.05, 0.1) is 0 Å². The summed E-state index contributed by atoms with van der Waals surface area (Å²) in [4.78, 5) is 14.5. The summed E-state index contributed by atoms with van der Waals surface area (Å²) in [5, 5.41) is 12.1. The zero-order chi connectivity index (χ0) is 19.2. The van der Waals surface area contributed by atoms with E-state index in [0.717, 1.165) is 17.9 Å². The first-order valence-electron chi connectivity index (χ1n) is 8.87. The second-order valence-corrected chi connectivity index (χ2v) is 6.24. The van der Waals surface area contributed by atoms with Crippen LogP contribution in [0.1, 0.15) is 18.1 Å². The van der Waals surface area contributed by atoms with E-state index in [1.165, 1.54) is 11.1 Å². The normalized spacial score (nSPS) is 14.6. The number of anilines is 2. The number of hydrogen-bond acceptors (Lipinski definition) is 3. The van der Waals surface area contributed by atoms with Gasteiger partial charge in [-0.25, -0.2) is 0 Å². The van der Waals surface area contributed by atoms with Crippen LogP contribution in [0.5, 0.6) is 0 Å². The first-order chi connectivity index (χ1) is 13.1. The second-order valence-electron chi connectivity index (χ2n) is 6.24. The smallest absolute Gasteiger partial charge is 0.266 e. The van der Waals surface area contributed by atoms with Gasteiger partial charge in [-0.1, -0.05) is 35.9 Å². The Morgan fingerprint density at radius 3 is 2.67 bits per heavy atom. The topological polar surface area (TPSA) is 56.1 Å². The molecule has 27 heavy (non-hydrogen) atoms. The number of amides is 1. The van der Waals surface area contributed by atoms with E-state index >= 15 is 0 Å². The fraction of sp³-hybridized carbons (Fsp3) is 0.130. The molecule has 2 aromatic rings. The molecule has 1 aliphatic heterocycles. The molecule has 1 amide bonds. The maximum atomic E-state index is 12.3. The van der Waals surface area contributed by atoms with Gasteiger partial charge in [-0.3, -0.25) is 4.79 Å². The van der Waals surface area contributed by atoms with Gasteiger partial charge < -0.3 is 10.2 Å². The highest BCUT2D eigenvalue weighted by Crippen LogP contribution is 2.31. The molecule has 0 aliphatic carbocycles. The monoisotopic (exact) mass is 355 g/mol. The number of nitrogens with zero attached hydrogens (tertiary/aromatic N) is 2. The van der Waals surface area contributed by atoms with E-state index in [-0.39, 0.29) is 5.57 Å². The molecule has 2 aromatic carbocycles. The summed E-state index contributed by atoms with van der Waals surface area (Å²) < 4.78 is 0. The molecule has 0 unspecified atom stereocenters. The summed E-state index contributed by atoms with van der Waals surface area (Å²) in [7, 11) is 0. The minimum Gasteiger partial charge on any atom is -0.341 e. The highest BCUT2D eigenvalue weighted by molar-refractivity contribution is 6.06. The van der Waals surface area contributed by atoms with Crippen molar-refractivity contribution in [3.05, 3.63) is 89.2 Å². The van der Waals surface area contributed by atoms with Crippen molar-refractivity contribution in [2.24, 2.45) is 0 Å². The van der Waals surface area contributed by atoms with Crippen molar-refractivity contribution >= 4 is 23.4 Å². The van der Waals surface area contributed by atoms with Gasteiger partial charge in [0.25, 0.3) is 5.91 Å². The van der Waals surface area contributed by atoms with Crippen molar-refractivity contribution < 1.29 is 4.79 Å². The first-order valence-corrected chi connectivity index (χ1v) is 8.87. The third-order valence-electron chi connectivity index (χ3n) is 4.35. The molecule has 0 atom stereocenters. The quantitative estimate of drug-likeness (QED) is 0.632. The molecule has 1 aliphatic rings. The molecule has 0 fully saturated rings. The number of allylic oxidation sites excluding steroid dienone is 3. The maximum Gasteiger partial charge on any atom is 0.266 e. The zero-order valence-corrected chi connectivity index (χ0v) is 15.4. The van der Waals surface area contributed by atoms with E-state index in [1.807, 2.05) is 36.4 Å². The minimum atomic E-state index is -0.417. The van der Waals surface area contributed by atoms with Crippen molar-refractivity contribution in [3.8, 4) is 6.07 Å². The van der Waals surface area contributed by atoms with Crippen LogP contribution < -0.4 is 10.2 Å². The van der Waals surface area contributed by atoms with E-state index in [2.05, 4.69) is 48.3 Å². The van der Waals surface area contributed by atoms with E-state index < -0.39 is 5.91 Å². The molecule has 4 nitrogen and oxygen atoms in total. The van der Waals surface area contributed by atoms with Crippen molar-refractivity contribution in [2.45, 2.75) is 13.8 Å². The van der Waals surface area contributed by atoms with Gasteiger partial charge in [0.1, 0.15) is 11.6 Å². The molecule has 0 spiro atoms. The Labute approximate surface area is 159 Å². The summed E-state index contributed by atoms with van der Waals surface area (Å²) in [6.45, 7) is 4.94. The van der Waals surface area contributed by atoms with Gasteiger partial charge in [0.2, 0.25) is 0 Å². The summed E-state index contributed by atoms with van der Waals surface area (Å²) in [5.41, 5.74) is 5.16. The largest absolute Gasteiger partial charge is 0.341 e. The molecule has 134 valence electrons. The number of fused-ring (bicyclic) bond motifs is 1. The molecule has 0 bridgehead atoms. The first kappa shape index (κ1) is 18.2. The Hall–Kier alpha value is -3.58. The van der Waals surface area contributed by atoms with Crippen molar-refractivity contribution in [3.63, 3.8) is 0 Å².